The van der Waals surface area contributed by atoms with Gasteiger partial charge in [0.05, 0.1) is 28.4 Å². The highest BCUT2D eigenvalue weighted by atomic mass is 19.4. The molecule has 0 amide bonds. The van der Waals surface area contributed by atoms with Gasteiger partial charge in [-0.3, -0.25) is 0 Å². The molecule has 0 aliphatic carbocycles. The first-order valence-electron chi connectivity index (χ1n) is 7.76. The third-order valence-electron chi connectivity index (χ3n) is 3.00. The van der Waals surface area contributed by atoms with E-state index >= 15 is 0 Å². The van der Waals surface area contributed by atoms with Gasteiger partial charge in [-0.05, 0) is 36.7 Å². The van der Waals surface area contributed by atoms with E-state index < -0.39 is 17.7 Å². The largest absolute Gasteiger partial charge is 0.468 e. The molecule has 0 aliphatic rings. The predicted octanol–water partition coefficient (Wildman–Crippen LogP) is 2.37. The summed E-state index contributed by atoms with van der Waals surface area (Å²) in [4.78, 5) is 15.3. The zero-order chi connectivity index (χ0) is 20.0. The quantitative estimate of drug-likeness (QED) is 0.414. The van der Waals surface area contributed by atoms with Crippen LogP contribution in [-0.2, 0) is 20.4 Å². The lowest BCUT2D eigenvalue weighted by molar-refractivity contribution is -0.280. The van der Waals surface area contributed by atoms with E-state index in [2.05, 4.69) is 16.4 Å². The normalized spacial score (nSPS) is 11.7. The van der Waals surface area contributed by atoms with Crippen molar-refractivity contribution >= 4 is 12.2 Å². The molecule has 0 radical (unpaired) electrons. The molecule has 2 rings (SSSR count). The third-order valence-corrected chi connectivity index (χ3v) is 3.00. The number of halogens is 3. The second-order valence-electron chi connectivity index (χ2n) is 5.58. The number of nitrogens with zero attached hydrogens (tertiary/aromatic N) is 3. The van der Waals surface area contributed by atoms with Crippen LogP contribution in [0.25, 0.3) is 17.6 Å². The fourth-order valence-corrected chi connectivity index (χ4v) is 1.94. The van der Waals surface area contributed by atoms with E-state index in [9.17, 15) is 18.0 Å². The standard InChI is InChI=1S/C17H17F3N3O4/c1-11(2)27-15(24)4-5-23-9-21-16(22-23)12-6-13(17(18,19)20)8-14(7-12)26-10-25-3/h4-8,11H,10H2,1-3H3/q+1/b5-4-. The maximum absolute atomic E-state index is 13.1. The molecule has 1 aromatic carbocycles. The average molecular weight is 384 g/mol. The van der Waals surface area contributed by atoms with Gasteiger partial charge < -0.3 is 14.2 Å². The minimum Gasteiger partial charge on any atom is -0.468 e. The third kappa shape index (κ3) is 6.00. The van der Waals surface area contributed by atoms with Crippen molar-refractivity contribution in [1.82, 2.24) is 9.78 Å². The lowest BCUT2D eigenvalue weighted by Crippen LogP contribution is -2.08. The molecule has 10 heteroatoms. The van der Waals surface area contributed by atoms with Crippen LogP contribution in [0.15, 0.2) is 24.3 Å². The summed E-state index contributed by atoms with van der Waals surface area (Å²) >= 11 is 0. The molecule has 0 N–H and O–H groups in total. The Balaban J connectivity index is 2.28. The Kier molecular flexibility index (Phi) is 6.41. The average Bonchev–Trinajstić information content (AvgIpc) is 3.05. The first kappa shape index (κ1) is 20.3. The van der Waals surface area contributed by atoms with E-state index in [-0.39, 0.29) is 30.0 Å². The number of carbonyl (C=O) groups excluding carboxylic acids is 1. The van der Waals surface area contributed by atoms with Crippen LogP contribution >= 0.6 is 0 Å². The minimum atomic E-state index is -4.58. The monoisotopic (exact) mass is 384 g/mol. The number of hydrogen-bond donors (Lipinski definition) is 0. The summed E-state index contributed by atoms with van der Waals surface area (Å²) in [7, 11) is 1.35. The van der Waals surface area contributed by atoms with Crippen LogP contribution in [0.3, 0.4) is 0 Å². The Bertz CT molecular complexity index is 816. The highest BCUT2D eigenvalue weighted by molar-refractivity contribution is 5.84. The Morgan fingerprint density at radius 2 is 2.11 bits per heavy atom. The van der Waals surface area contributed by atoms with Crippen LogP contribution in [0.5, 0.6) is 5.75 Å². The zero-order valence-corrected chi connectivity index (χ0v) is 14.8. The van der Waals surface area contributed by atoms with Crippen molar-refractivity contribution in [1.29, 1.82) is 0 Å². The summed E-state index contributed by atoms with van der Waals surface area (Å²) < 4.78 is 55.1. The van der Waals surface area contributed by atoms with Crippen LogP contribution in [0.2, 0.25) is 0 Å². The van der Waals surface area contributed by atoms with Crippen LogP contribution in [-0.4, -0.2) is 35.8 Å². The summed E-state index contributed by atoms with van der Waals surface area (Å²) in [6, 6.07) is 3.09. The van der Waals surface area contributed by atoms with Crippen molar-refractivity contribution in [3.05, 3.63) is 36.2 Å². The van der Waals surface area contributed by atoms with Crippen LogP contribution in [0.1, 0.15) is 19.4 Å². The van der Waals surface area contributed by atoms with E-state index in [1.807, 2.05) is 0 Å². The number of aromatic nitrogens is 3. The van der Waals surface area contributed by atoms with Gasteiger partial charge in [-0.15, -0.1) is 0 Å². The second-order valence-corrected chi connectivity index (χ2v) is 5.58. The van der Waals surface area contributed by atoms with E-state index in [0.29, 0.717) is 0 Å². The van der Waals surface area contributed by atoms with Gasteiger partial charge in [-0.25, -0.2) is 4.79 Å². The Morgan fingerprint density at radius 3 is 2.74 bits per heavy atom. The van der Waals surface area contributed by atoms with Gasteiger partial charge in [0.25, 0.3) is 0 Å². The summed E-state index contributed by atoms with van der Waals surface area (Å²) in [5, 5.41) is 3.98. The Hall–Kier alpha value is -3.06. The number of alkyl halides is 3. The van der Waals surface area contributed by atoms with Gasteiger partial charge in [-0.2, -0.15) is 18.2 Å². The van der Waals surface area contributed by atoms with E-state index in [0.717, 1.165) is 22.9 Å². The molecular formula is C17H17F3N3O4+. The van der Waals surface area contributed by atoms with Crippen LogP contribution < -0.4 is 9.72 Å². The molecule has 0 aliphatic heterocycles. The molecule has 2 aromatic rings. The smallest absolute Gasteiger partial charge is 0.416 e. The predicted molar refractivity (Wildman–Crippen MR) is 86.2 cm³/mol. The van der Waals surface area contributed by atoms with Gasteiger partial charge in [0.1, 0.15) is 11.9 Å². The summed E-state index contributed by atoms with van der Waals surface area (Å²) in [5.41, 5.74) is -0.845. The zero-order valence-electron chi connectivity index (χ0n) is 14.8. The van der Waals surface area contributed by atoms with Crippen molar-refractivity contribution in [3.63, 3.8) is 0 Å². The molecule has 0 saturated heterocycles. The lowest BCUT2D eigenvalue weighted by Gasteiger charge is -2.10. The summed E-state index contributed by atoms with van der Waals surface area (Å²) in [6.45, 7) is 3.18. The fraction of sp³-hybridized carbons (Fsp3) is 0.353. The highest BCUT2D eigenvalue weighted by Gasteiger charge is 2.32. The highest BCUT2D eigenvalue weighted by Crippen LogP contribution is 2.34. The molecule has 0 saturated carbocycles. The SMILES string of the molecule is COCOc1cc(-c2nn(/C=C\C(=O)OC(C)C)c#[n+]2)cc(C(F)(F)F)c1. The van der Waals surface area contributed by atoms with Crippen molar-refractivity contribution in [2.45, 2.75) is 26.1 Å². The number of carbonyl (C=O) groups is 1. The second kappa shape index (κ2) is 8.55. The van der Waals surface area contributed by atoms with E-state index in [4.69, 9.17) is 14.2 Å². The van der Waals surface area contributed by atoms with Gasteiger partial charge in [0, 0.05) is 7.11 Å². The van der Waals surface area contributed by atoms with E-state index in [1.165, 1.54) is 19.4 Å². The Labute approximate surface area is 153 Å². The molecule has 27 heavy (non-hydrogen) atoms. The Morgan fingerprint density at radius 1 is 1.37 bits per heavy atom. The summed E-state index contributed by atoms with van der Waals surface area (Å²) in [6.07, 6.45) is -0.0730. The molecule has 1 heterocycles. The molecule has 0 spiro atoms. The van der Waals surface area contributed by atoms with Crippen molar-refractivity contribution < 1.29 is 37.2 Å². The van der Waals surface area contributed by atoms with Gasteiger partial charge in [0.2, 0.25) is 0 Å². The lowest BCUT2D eigenvalue weighted by atomic mass is 10.1. The fourth-order valence-electron chi connectivity index (χ4n) is 1.94. The number of rotatable bonds is 7. The van der Waals surface area contributed by atoms with Crippen molar-refractivity contribution in [2.75, 3.05) is 13.9 Å². The molecule has 144 valence electrons. The molecule has 7 nitrogen and oxygen atoms in total. The van der Waals surface area contributed by atoms with Gasteiger partial charge >= 0.3 is 24.3 Å². The maximum Gasteiger partial charge on any atom is 0.416 e. The van der Waals surface area contributed by atoms with Crippen molar-refractivity contribution in [3.8, 4) is 17.1 Å². The van der Waals surface area contributed by atoms with Crippen LogP contribution in [0, 0.1) is 6.33 Å². The first-order valence-corrected chi connectivity index (χ1v) is 7.76. The van der Waals surface area contributed by atoms with Gasteiger partial charge in [0.15, 0.2) is 6.79 Å². The summed E-state index contributed by atoms with van der Waals surface area (Å²) in [5.74, 6) is -0.663. The molecular weight excluding hydrogens is 367 g/mol. The minimum absolute atomic E-state index is 0.0229. The number of esters is 1. The number of hydrogen-bond acceptors (Lipinski definition) is 5. The number of ether oxygens (including phenoxy) is 3. The number of methoxy groups -OCH3 is 1. The first-order chi connectivity index (χ1) is 12.7. The van der Waals surface area contributed by atoms with Crippen molar-refractivity contribution in [2.24, 2.45) is 0 Å². The number of benzene rings is 1. The van der Waals surface area contributed by atoms with Gasteiger partial charge in [-0.1, -0.05) is 0 Å². The molecule has 0 unspecified atom stereocenters. The maximum atomic E-state index is 13.1. The topological polar surface area (TPSA) is 76.7 Å². The van der Waals surface area contributed by atoms with E-state index in [1.54, 1.807) is 13.8 Å². The molecule has 1 aromatic heterocycles. The molecule has 0 atom stereocenters. The molecule has 0 fully saturated rings. The van der Waals surface area contributed by atoms with Crippen LogP contribution in [0.4, 0.5) is 13.2 Å². The molecule has 0 bridgehead atoms.